The van der Waals surface area contributed by atoms with E-state index in [9.17, 15) is 0 Å². The Bertz CT molecular complexity index is 532. The molecule has 0 radical (unpaired) electrons. The first-order chi connectivity index (χ1) is 9.10. The van der Waals surface area contributed by atoms with Gasteiger partial charge >= 0.3 is 0 Å². The molecule has 0 bridgehead atoms. The van der Waals surface area contributed by atoms with E-state index >= 15 is 0 Å². The van der Waals surface area contributed by atoms with Crippen molar-refractivity contribution in [3.63, 3.8) is 0 Å². The van der Waals surface area contributed by atoms with Crippen molar-refractivity contribution in [2.75, 3.05) is 0 Å². The first-order valence-corrected chi connectivity index (χ1v) is 7.21. The summed E-state index contributed by atoms with van der Waals surface area (Å²) >= 11 is 5.97. The van der Waals surface area contributed by atoms with Gasteiger partial charge < -0.3 is 4.74 Å². The lowest BCUT2D eigenvalue weighted by Crippen LogP contribution is -2.20. The second-order valence-electron chi connectivity index (χ2n) is 5.45. The zero-order valence-corrected chi connectivity index (χ0v) is 12.2. The van der Waals surface area contributed by atoms with Gasteiger partial charge in [0.1, 0.15) is 5.69 Å². The summed E-state index contributed by atoms with van der Waals surface area (Å²) in [6.45, 7) is 6.34. The van der Waals surface area contributed by atoms with Gasteiger partial charge in [0.25, 0.3) is 0 Å². The fraction of sp³-hybridized carbons (Fsp3) is 0.643. The summed E-state index contributed by atoms with van der Waals surface area (Å²) in [6, 6.07) is 0. The quantitative estimate of drug-likeness (QED) is 0.779. The Kier molecular flexibility index (Phi) is 3.31. The molecule has 2 unspecified atom stereocenters. The summed E-state index contributed by atoms with van der Waals surface area (Å²) in [4.78, 5) is 13.0. The minimum Gasteiger partial charge on any atom is -0.374 e. The minimum absolute atomic E-state index is 0.119. The molecule has 0 spiro atoms. The highest BCUT2D eigenvalue weighted by molar-refractivity contribution is 6.28. The Hall–Kier alpha value is -1.00. The summed E-state index contributed by atoms with van der Waals surface area (Å²) in [5.74, 6) is 0.707. The first kappa shape index (κ1) is 13.0. The molecule has 1 fully saturated rings. The first-order valence-electron chi connectivity index (χ1n) is 6.83. The van der Waals surface area contributed by atoms with E-state index in [1.807, 2.05) is 13.1 Å². The molecular weight excluding hydrogens is 262 g/mol. The van der Waals surface area contributed by atoms with Crippen LogP contribution < -0.4 is 0 Å². The predicted molar refractivity (Wildman–Crippen MR) is 75.4 cm³/mol. The largest absolute Gasteiger partial charge is 0.374 e. The van der Waals surface area contributed by atoms with Gasteiger partial charge in [-0.3, -0.25) is 4.99 Å². The number of nitrogens with zero attached hydrogens (tertiary/aromatic N) is 3. The van der Waals surface area contributed by atoms with E-state index in [-0.39, 0.29) is 12.0 Å². The van der Waals surface area contributed by atoms with Crippen molar-refractivity contribution in [1.82, 2.24) is 9.97 Å². The lowest BCUT2D eigenvalue weighted by molar-refractivity contribution is 0.0307. The molecule has 1 aromatic heterocycles. The van der Waals surface area contributed by atoms with E-state index < -0.39 is 0 Å². The molecule has 0 aromatic carbocycles. The molecule has 0 N–H and O–H groups in total. The topological polar surface area (TPSA) is 47.4 Å². The third kappa shape index (κ3) is 2.17. The Morgan fingerprint density at radius 3 is 2.89 bits per heavy atom. The number of aromatic nitrogens is 2. The van der Waals surface area contributed by atoms with Crippen LogP contribution in [0.25, 0.3) is 0 Å². The van der Waals surface area contributed by atoms with Crippen LogP contribution in [0.2, 0.25) is 5.28 Å². The summed E-state index contributed by atoms with van der Waals surface area (Å²) in [7, 11) is 0. The normalized spacial score (nSPS) is 32.8. The highest BCUT2D eigenvalue weighted by atomic mass is 35.5. The van der Waals surface area contributed by atoms with Gasteiger partial charge in [-0.2, -0.15) is 0 Å². The number of halogens is 1. The van der Waals surface area contributed by atoms with Gasteiger partial charge in [0.05, 0.1) is 29.5 Å². The number of rotatable bonds is 2. The van der Waals surface area contributed by atoms with Gasteiger partial charge in [-0.25, -0.2) is 9.97 Å². The maximum atomic E-state index is 6.15. The SMILES string of the molecule is CC[C@H]1O[C@@H](C2C=Nc3c(C)nc(Cl)nc32)CC1C. The maximum absolute atomic E-state index is 6.15. The average molecular weight is 280 g/mol. The highest BCUT2D eigenvalue weighted by Crippen LogP contribution is 2.41. The number of hydrogen-bond donors (Lipinski definition) is 0. The van der Waals surface area contributed by atoms with E-state index in [4.69, 9.17) is 16.3 Å². The third-order valence-corrected chi connectivity index (χ3v) is 4.30. The van der Waals surface area contributed by atoms with Crippen molar-refractivity contribution in [2.45, 2.75) is 51.7 Å². The van der Waals surface area contributed by atoms with Crippen molar-refractivity contribution < 1.29 is 4.74 Å². The summed E-state index contributed by atoms with van der Waals surface area (Å²) < 4.78 is 6.15. The number of ether oxygens (including phenoxy) is 1. The molecule has 5 heteroatoms. The molecule has 0 saturated carbocycles. The van der Waals surface area contributed by atoms with Gasteiger partial charge in [-0.15, -0.1) is 0 Å². The van der Waals surface area contributed by atoms with Crippen LogP contribution in [0.4, 0.5) is 5.69 Å². The Labute approximate surface area is 118 Å². The van der Waals surface area contributed by atoms with Crippen LogP contribution in [0.3, 0.4) is 0 Å². The molecular formula is C14H18ClN3O. The number of fused-ring (bicyclic) bond motifs is 1. The average Bonchev–Trinajstić information content (AvgIpc) is 2.92. The van der Waals surface area contributed by atoms with Gasteiger partial charge in [-0.1, -0.05) is 13.8 Å². The highest BCUT2D eigenvalue weighted by Gasteiger charge is 2.39. The molecule has 4 atom stereocenters. The van der Waals surface area contributed by atoms with Crippen molar-refractivity contribution in [2.24, 2.45) is 10.9 Å². The minimum atomic E-state index is 0.119. The predicted octanol–water partition coefficient (Wildman–Crippen LogP) is 3.44. The number of aliphatic imine (C=N–C) groups is 1. The van der Waals surface area contributed by atoms with E-state index in [0.717, 1.165) is 29.9 Å². The Morgan fingerprint density at radius 1 is 1.42 bits per heavy atom. The molecule has 102 valence electrons. The number of hydrogen-bond acceptors (Lipinski definition) is 4. The fourth-order valence-corrected chi connectivity index (χ4v) is 3.32. The van der Waals surface area contributed by atoms with Gasteiger partial charge in [0, 0.05) is 6.21 Å². The number of aryl methyl sites for hydroxylation is 1. The second-order valence-corrected chi connectivity index (χ2v) is 5.79. The zero-order chi connectivity index (χ0) is 13.6. The third-order valence-electron chi connectivity index (χ3n) is 4.13. The van der Waals surface area contributed by atoms with Crippen molar-refractivity contribution >= 4 is 23.5 Å². The lowest BCUT2D eigenvalue weighted by atomic mass is 9.93. The standard InChI is InChI=1S/C14H18ClN3O/c1-4-10-7(2)5-11(19-10)9-6-16-12-8(3)17-14(15)18-13(9)12/h6-7,9-11H,4-5H2,1-3H3/t7?,9?,10-,11-/m1/s1. The smallest absolute Gasteiger partial charge is 0.222 e. The molecule has 1 saturated heterocycles. The van der Waals surface area contributed by atoms with Crippen molar-refractivity contribution in [3.8, 4) is 0 Å². The molecule has 2 aliphatic rings. The fourth-order valence-electron chi connectivity index (χ4n) is 3.11. The van der Waals surface area contributed by atoms with Crippen LogP contribution in [0, 0.1) is 12.8 Å². The second kappa shape index (κ2) is 4.84. The lowest BCUT2D eigenvalue weighted by Gasteiger charge is -2.17. The molecule has 19 heavy (non-hydrogen) atoms. The molecule has 0 amide bonds. The van der Waals surface area contributed by atoms with Crippen LogP contribution in [0.15, 0.2) is 4.99 Å². The molecule has 2 aliphatic heterocycles. The maximum Gasteiger partial charge on any atom is 0.222 e. The van der Waals surface area contributed by atoms with E-state index in [2.05, 4.69) is 28.8 Å². The van der Waals surface area contributed by atoms with Crippen molar-refractivity contribution in [1.29, 1.82) is 0 Å². The molecule has 3 rings (SSSR count). The zero-order valence-electron chi connectivity index (χ0n) is 11.4. The van der Waals surface area contributed by atoms with E-state index in [0.29, 0.717) is 17.3 Å². The van der Waals surface area contributed by atoms with Gasteiger partial charge in [-0.05, 0) is 37.3 Å². The molecule has 0 aliphatic carbocycles. The summed E-state index contributed by atoms with van der Waals surface area (Å²) in [5, 5.41) is 0.296. The van der Waals surface area contributed by atoms with Crippen LogP contribution in [0.1, 0.15) is 44.0 Å². The summed E-state index contributed by atoms with van der Waals surface area (Å²) in [6.07, 6.45) is 4.56. The van der Waals surface area contributed by atoms with E-state index in [1.165, 1.54) is 0 Å². The van der Waals surface area contributed by atoms with Crippen LogP contribution in [0.5, 0.6) is 0 Å². The molecule has 1 aromatic rings. The Balaban J connectivity index is 1.89. The van der Waals surface area contributed by atoms with Gasteiger partial charge in [0.2, 0.25) is 5.28 Å². The van der Waals surface area contributed by atoms with Crippen LogP contribution >= 0.6 is 11.6 Å². The summed E-state index contributed by atoms with van der Waals surface area (Å²) in [5.41, 5.74) is 2.63. The Morgan fingerprint density at radius 2 is 2.21 bits per heavy atom. The van der Waals surface area contributed by atoms with Crippen LogP contribution in [-0.2, 0) is 4.74 Å². The van der Waals surface area contributed by atoms with E-state index in [1.54, 1.807) is 0 Å². The monoisotopic (exact) mass is 279 g/mol. The van der Waals surface area contributed by atoms with Crippen LogP contribution in [-0.4, -0.2) is 28.4 Å². The molecule has 4 nitrogen and oxygen atoms in total. The van der Waals surface area contributed by atoms with Crippen molar-refractivity contribution in [3.05, 3.63) is 16.7 Å². The van der Waals surface area contributed by atoms with Gasteiger partial charge in [0.15, 0.2) is 0 Å². The molecule has 3 heterocycles.